The van der Waals surface area contributed by atoms with E-state index in [4.69, 9.17) is 4.74 Å². The van der Waals surface area contributed by atoms with Gasteiger partial charge in [-0.2, -0.15) is 4.98 Å². The van der Waals surface area contributed by atoms with Crippen molar-refractivity contribution in [2.24, 2.45) is 0 Å². The molecule has 3 amide bonds. The summed E-state index contributed by atoms with van der Waals surface area (Å²) in [5.74, 6) is 1.73. The van der Waals surface area contributed by atoms with Gasteiger partial charge in [-0.15, -0.1) is 0 Å². The molecule has 0 aliphatic carbocycles. The molecule has 0 bridgehead atoms. The molecule has 2 saturated heterocycles. The molecule has 2 aliphatic rings. The summed E-state index contributed by atoms with van der Waals surface area (Å²) in [7, 11) is 0. The van der Waals surface area contributed by atoms with Crippen LogP contribution in [0.2, 0.25) is 0 Å². The van der Waals surface area contributed by atoms with Gasteiger partial charge >= 0.3 is 6.03 Å². The summed E-state index contributed by atoms with van der Waals surface area (Å²) in [6, 6.07) is 9.85. The lowest BCUT2D eigenvalue weighted by atomic mass is 10.0. The van der Waals surface area contributed by atoms with Crippen LogP contribution in [0.3, 0.4) is 0 Å². The molecule has 0 saturated carbocycles. The number of amides is 3. The molecule has 0 N–H and O–H groups in total. The predicted molar refractivity (Wildman–Crippen MR) is 127 cm³/mol. The number of aromatic nitrogens is 2. The highest BCUT2D eigenvalue weighted by Gasteiger charge is 2.33. The molecular formula is C25H33N5O3. The van der Waals surface area contributed by atoms with E-state index in [1.54, 1.807) is 9.80 Å². The smallest absolute Gasteiger partial charge is 0.325 e. The number of aryl methyl sites for hydroxylation is 2. The van der Waals surface area contributed by atoms with Crippen LogP contribution in [0.25, 0.3) is 0 Å². The summed E-state index contributed by atoms with van der Waals surface area (Å²) < 4.78 is 6.02. The number of carbonyl (C=O) groups is 2. The predicted octanol–water partition coefficient (Wildman–Crippen LogP) is 3.53. The molecule has 2 aromatic rings. The summed E-state index contributed by atoms with van der Waals surface area (Å²) in [5.41, 5.74) is 3.01. The van der Waals surface area contributed by atoms with Crippen LogP contribution in [0.15, 0.2) is 30.3 Å². The highest BCUT2D eigenvalue weighted by atomic mass is 16.5. The molecule has 33 heavy (non-hydrogen) atoms. The van der Waals surface area contributed by atoms with E-state index in [9.17, 15) is 9.59 Å². The zero-order valence-electron chi connectivity index (χ0n) is 20.0. The Morgan fingerprint density at radius 3 is 2.39 bits per heavy atom. The summed E-state index contributed by atoms with van der Waals surface area (Å²) in [5, 5.41) is 0. The molecule has 0 atom stereocenters. The van der Waals surface area contributed by atoms with Gasteiger partial charge in [-0.25, -0.2) is 9.78 Å². The van der Waals surface area contributed by atoms with Gasteiger partial charge in [0, 0.05) is 56.5 Å². The van der Waals surface area contributed by atoms with E-state index in [2.05, 4.69) is 35.9 Å². The maximum absolute atomic E-state index is 12.9. The molecular weight excluding hydrogens is 418 g/mol. The summed E-state index contributed by atoms with van der Waals surface area (Å²) in [6.45, 7) is 10.6. The van der Waals surface area contributed by atoms with Gasteiger partial charge in [-0.1, -0.05) is 26.0 Å². The first-order chi connectivity index (χ1) is 15.8. The fraction of sp³-hybridized carbons (Fsp3) is 0.520. The number of nitrogens with zero attached hydrogens (tertiary/aromatic N) is 5. The van der Waals surface area contributed by atoms with Crippen molar-refractivity contribution in [3.63, 3.8) is 0 Å². The molecule has 8 heteroatoms. The van der Waals surface area contributed by atoms with Gasteiger partial charge in [-0.3, -0.25) is 9.69 Å². The van der Waals surface area contributed by atoms with Crippen LogP contribution in [0, 0.1) is 13.8 Å². The molecule has 2 aliphatic heterocycles. The van der Waals surface area contributed by atoms with Gasteiger partial charge in [0.2, 0.25) is 11.8 Å². The lowest BCUT2D eigenvalue weighted by Crippen LogP contribution is -2.47. The highest BCUT2D eigenvalue weighted by molar-refractivity contribution is 5.96. The SMILES string of the molecule is Cc1cc(OC2CCN(C(=O)CN3CCN(c4ccc(C(C)C)cc4)C3=O)CC2)nc(C)n1. The summed E-state index contributed by atoms with van der Waals surface area (Å²) in [4.78, 5) is 39.6. The van der Waals surface area contributed by atoms with E-state index in [1.165, 1.54) is 5.56 Å². The van der Waals surface area contributed by atoms with Crippen molar-refractivity contribution in [2.45, 2.75) is 52.6 Å². The fourth-order valence-corrected chi connectivity index (χ4v) is 4.41. The Kier molecular flexibility index (Phi) is 6.81. The Morgan fingerprint density at radius 2 is 1.76 bits per heavy atom. The van der Waals surface area contributed by atoms with Crippen LogP contribution in [0.1, 0.15) is 49.7 Å². The molecule has 0 spiro atoms. The Morgan fingerprint density at radius 1 is 1.06 bits per heavy atom. The second kappa shape index (κ2) is 9.77. The van der Waals surface area contributed by atoms with Crippen LogP contribution in [0.4, 0.5) is 10.5 Å². The van der Waals surface area contributed by atoms with E-state index in [-0.39, 0.29) is 24.6 Å². The van der Waals surface area contributed by atoms with Crippen molar-refractivity contribution in [1.82, 2.24) is 19.8 Å². The first kappa shape index (κ1) is 23.0. The highest BCUT2D eigenvalue weighted by Crippen LogP contribution is 2.24. The molecule has 4 rings (SSSR count). The summed E-state index contributed by atoms with van der Waals surface area (Å²) >= 11 is 0. The average molecular weight is 452 g/mol. The molecule has 1 aromatic carbocycles. The number of carbonyl (C=O) groups excluding carboxylic acids is 2. The Balaban J connectivity index is 1.27. The van der Waals surface area contributed by atoms with Gasteiger partial charge in [0.15, 0.2) is 0 Å². The van der Waals surface area contributed by atoms with E-state index in [1.807, 2.05) is 36.9 Å². The number of anilines is 1. The number of benzene rings is 1. The third-order valence-electron chi connectivity index (χ3n) is 6.32. The van der Waals surface area contributed by atoms with E-state index in [0.717, 1.165) is 24.2 Å². The maximum atomic E-state index is 12.9. The van der Waals surface area contributed by atoms with Crippen LogP contribution < -0.4 is 9.64 Å². The minimum absolute atomic E-state index is 0.00692. The van der Waals surface area contributed by atoms with E-state index < -0.39 is 0 Å². The Hall–Kier alpha value is -3.16. The van der Waals surface area contributed by atoms with Crippen molar-refractivity contribution in [3.05, 3.63) is 47.4 Å². The van der Waals surface area contributed by atoms with Crippen molar-refractivity contribution in [1.29, 1.82) is 0 Å². The number of likely N-dealkylation sites (tertiary alicyclic amines) is 1. The lowest BCUT2D eigenvalue weighted by molar-refractivity contribution is -0.133. The number of hydrogen-bond acceptors (Lipinski definition) is 5. The van der Waals surface area contributed by atoms with E-state index in [0.29, 0.717) is 43.8 Å². The zero-order valence-corrected chi connectivity index (χ0v) is 20.0. The maximum Gasteiger partial charge on any atom is 0.325 e. The van der Waals surface area contributed by atoms with Crippen molar-refractivity contribution >= 4 is 17.6 Å². The normalized spacial score (nSPS) is 17.2. The number of rotatable bonds is 6. The minimum Gasteiger partial charge on any atom is -0.474 e. The monoisotopic (exact) mass is 451 g/mol. The summed E-state index contributed by atoms with van der Waals surface area (Å²) in [6.07, 6.45) is 1.52. The number of urea groups is 1. The first-order valence-electron chi connectivity index (χ1n) is 11.7. The van der Waals surface area contributed by atoms with Gasteiger partial charge in [0.1, 0.15) is 18.5 Å². The largest absolute Gasteiger partial charge is 0.474 e. The Bertz CT molecular complexity index is 979. The van der Waals surface area contributed by atoms with Gasteiger partial charge < -0.3 is 14.5 Å². The molecule has 2 fully saturated rings. The van der Waals surface area contributed by atoms with Crippen LogP contribution in [0.5, 0.6) is 5.88 Å². The van der Waals surface area contributed by atoms with Crippen LogP contribution in [-0.2, 0) is 4.79 Å². The van der Waals surface area contributed by atoms with Gasteiger partial charge in [0.25, 0.3) is 0 Å². The lowest BCUT2D eigenvalue weighted by Gasteiger charge is -2.33. The van der Waals surface area contributed by atoms with Gasteiger partial charge in [0.05, 0.1) is 0 Å². The fourth-order valence-electron chi connectivity index (χ4n) is 4.41. The molecule has 3 heterocycles. The van der Waals surface area contributed by atoms with Crippen molar-refractivity contribution < 1.29 is 14.3 Å². The number of hydrogen-bond donors (Lipinski definition) is 0. The van der Waals surface area contributed by atoms with Crippen LogP contribution in [-0.4, -0.2) is 70.5 Å². The first-order valence-corrected chi connectivity index (χ1v) is 11.7. The van der Waals surface area contributed by atoms with Crippen molar-refractivity contribution in [3.8, 4) is 5.88 Å². The second-order valence-corrected chi connectivity index (χ2v) is 9.19. The third kappa shape index (κ3) is 5.43. The van der Waals surface area contributed by atoms with Crippen molar-refractivity contribution in [2.75, 3.05) is 37.6 Å². The zero-order chi connectivity index (χ0) is 23.5. The molecule has 0 radical (unpaired) electrons. The quantitative estimate of drug-likeness (QED) is 0.671. The molecule has 176 valence electrons. The topological polar surface area (TPSA) is 78.9 Å². The number of piperidine rings is 1. The van der Waals surface area contributed by atoms with Gasteiger partial charge in [-0.05, 0) is 37.5 Å². The standard InChI is InChI=1S/C25H33N5O3/c1-17(2)20-5-7-21(8-6-20)30-14-13-29(25(30)32)16-24(31)28-11-9-22(10-12-28)33-23-15-18(3)26-19(4)27-23/h5-8,15,17,22H,9-14,16H2,1-4H3. The third-order valence-corrected chi connectivity index (χ3v) is 6.32. The second-order valence-electron chi connectivity index (χ2n) is 9.19. The minimum atomic E-state index is -0.103. The van der Waals surface area contributed by atoms with E-state index >= 15 is 0 Å². The Labute approximate surface area is 195 Å². The molecule has 0 unspecified atom stereocenters. The molecule has 1 aromatic heterocycles. The molecule has 8 nitrogen and oxygen atoms in total. The average Bonchev–Trinajstić information content (AvgIpc) is 3.13. The number of ether oxygens (including phenoxy) is 1. The van der Waals surface area contributed by atoms with Crippen LogP contribution >= 0.6 is 0 Å².